The Morgan fingerprint density at radius 3 is 2.60 bits per heavy atom. The number of benzene rings is 2. The number of ether oxygens (including phenoxy) is 1. The van der Waals surface area contributed by atoms with Crippen LogP contribution in [0.3, 0.4) is 0 Å². The quantitative estimate of drug-likeness (QED) is 0.717. The van der Waals surface area contributed by atoms with Crippen LogP contribution in [-0.2, 0) is 0 Å². The SMILES string of the molecule is COc1cccc(C2CCN(c3noc(-c4ccccc4)n3)CC2)c1. The van der Waals surface area contributed by atoms with Crippen LogP contribution in [-0.4, -0.2) is 30.3 Å². The smallest absolute Gasteiger partial charge is 0.266 e. The van der Waals surface area contributed by atoms with Gasteiger partial charge < -0.3 is 14.2 Å². The number of nitrogens with zero attached hydrogens (tertiary/aromatic N) is 3. The number of rotatable bonds is 4. The molecule has 4 rings (SSSR count). The molecule has 25 heavy (non-hydrogen) atoms. The van der Waals surface area contributed by atoms with Gasteiger partial charge in [0.15, 0.2) is 0 Å². The van der Waals surface area contributed by atoms with Gasteiger partial charge in [-0.05, 0) is 53.7 Å². The van der Waals surface area contributed by atoms with Gasteiger partial charge in [0.25, 0.3) is 11.8 Å². The highest BCUT2D eigenvalue weighted by molar-refractivity contribution is 5.54. The predicted octanol–water partition coefficient (Wildman–Crippen LogP) is 4.13. The maximum Gasteiger partial charge on any atom is 0.266 e. The van der Waals surface area contributed by atoms with E-state index in [1.54, 1.807) is 7.11 Å². The van der Waals surface area contributed by atoms with Gasteiger partial charge in [0.05, 0.1) is 7.11 Å². The number of hydrogen-bond donors (Lipinski definition) is 0. The van der Waals surface area contributed by atoms with Crippen molar-refractivity contribution in [3.63, 3.8) is 0 Å². The van der Waals surface area contributed by atoms with Gasteiger partial charge in [-0.15, -0.1) is 0 Å². The van der Waals surface area contributed by atoms with E-state index >= 15 is 0 Å². The van der Waals surface area contributed by atoms with Crippen molar-refractivity contribution >= 4 is 5.95 Å². The van der Waals surface area contributed by atoms with E-state index in [9.17, 15) is 0 Å². The first-order valence-corrected chi connectivity index (χ1v) is 8.61. The second kappa shape index (κ2) is 6.97. The summed E-state index contributed by atoms with van der Waals surface area (Å²) in [5.74, 6) is 2.73. The lowest BCUT2D eigenvalue weighted by atomic mass is 9.89. The molecule has 3 aromatic rings. The topological polar surface area (TPSA) is 51.4 Å². The molecule has 2 aromatic carbocycles. The Kier molecular flexibility index (Phi) is 4.37. The molecule has 0 aliphatic carbocycles. The molecule has 1 aliphatic rings. The lowest BCUT2D eigenvalue weighted by Crippen LogP contribution is -2.33. The highest BCUT2D eigenvalue weighted by Gasteiger charge is 2.24. The van der Waals surface area contributed by atoms with Gasteiger partial charge in [-0.2, -0.15) is 4.98 Å². The van der Waals surface area contributed by atoms with Crippen LogP contribution < -0.4 is 9.64 Å². The summed E-state index contributed by atoms with van der Waals surface area (Å²) in [4.78, 5) is 6.76. The predicted molar refractivity (Wildman–Crippen MR) is 96.9 cm³/mol. The monoisotopic (exact) mass is 335 g/mol. The largest absolute Gasteiger partial charge is 0.497 e. The number of piperidine rings is 1. The van der Waals surface area contributed by atoms with Gasteiger partial charge in [0.2, 0.25) is 0 Å². The number of methoxy groups -OCH3 is 1. The minimum atomic E-state index is 0.548. The Hall–Kier alpha value is -2.82. The van der Waals surface area contributed by atoms with Gasteiger partial charge in [0.1, 0.15) is 5.75 Å². The van der Waals surface area contributed by atoms with Crippen molar-refractivity contribution in [1.82, 2.24) is 10.1 Å². The van der Waals surface area contributed by atoms with E-state index in [1.165, 1.54) is 5.56 Å². The standard InChI is InChI=1S/C20H21N3O2/c1-24-18-9-5-8-17(14-18)15-10-12-23(13-11-15)20-21-19(25-22-20)16-6-3-2-4-7-16/h2-9,14-15H,10-13H2,1H3. The lowest BCUT2D eigenvalue weighted by molar-refractivity contribution is 0.411. The molecule has 0 N–H and O–H groups in total. The molecule has 5 heteroatoms. The van der Waals surface area contributed by atoms with Crippen LogP contribution in [0.5, 0.6) is 5.75 Å². The van der Waals surface area contributed by atoms with Crippen molar-refractivity contribution in [3.05, 3.63) is 60.2 Å². The first kappa shape index (κ1) is 15.7. The average Bonchev–Trinajstić information content (AvgIpc) is 3.19. The summed E-state index contributed by atoms with van der Waals surface area (Å²) >= 11 is 0. The molecule has 128 valence electrons. The molecular weight excluding hydrogens is 314 g/mol. The van der Waals surface area contributed by atoms with Gasteiger partial charge >= 0.3 is 0 Å². The third-order valence-electron chi connectivity index (χ3n) is 4.78. The molecule has 0 atom stereocenters. The normalized spacial score (nSPS) is 15.3. The molecule has 0 spiro atoms. The van der Waals surface area contributed by atoms with Crippen LogP contribution in [0.15, 0.2) is 59.1 Å². The third-order valence-corrected chi connectivity index (χ3v) is 4.78. The van der Waals surface area contributed by atoms with Crippen molar-refractivity contribution in [3.8, 4) is 17.2 Å². The van der Waals surface area contributed by atoms with E-state index in [1.807, 2.05) is 36.4 Å². The second-order valence-corrected chi connectivity index (χ2v) is 6.30. The van der Waals surface area contributed by atoms with Crippen molar-refractivity contribution in [2.45, 2.75) is 18.8 Å². The molecule has 0 unspecified atom stereocenters. The first-order valence-electron chi connectivity index (χ1n) is 8.61. The molecule has 2 heterocycles. The van der Waals surface area contributed by atoms with Crippen LogP contribution in [0, 0.1) is 0 Å². The van der Waals surface area contributed by atoms with Crippen molar-refractivity contribution < 1.29 is 9.26 Å². The van der Waals surface area contributed by atoms with Gasteiger partial charge in [-0.3, -0.25) is 0 Å². The van der Waals surface area contributed by atoms with E-state index in [2.05, 4.69) is 33.2 Å². The molecule has 1 fully saturated rings. The molecule has 0 amide bonds. The second-order valence-electron chi connectivity index (χ2n) is 6.30. The summed E-state index contributed by atoms with van der Waals surface area (Å²) in [6, 6.07) is 18.3. The van der Waals surface area contributed by atoms with Gasteiger partial charge in [-0.25, -0.2) is 0 Å². The Morgan fingerprint density at radius 2 is 1.84 bits per heavy atom. The Morgan fingerprint density at radius 1 is 1.04 bits per heavy atom. The third kappa shape index (κ3) is 3.36. The van der Waals surface area contributed by atoms with Gasteiger partial charge in [-0.1, -0.05) is 30.3 Å². The van der Waals surface area contributed by atoms with E-state index in [4.69, 9.17) is 9.26 Å². The van der Waals surface area contributed by atoms with E-state index in [0.29, 0.717) is 17.8 Å². The molecule has 1 aliphatic heterocycles. The minimum absolute atomic E-state index is 0.548. The van der Waals surface area contributed by atoms with Crippen LogP contribution in [0.25, 0.3) is 11.5 Å². The maximum absolute atomic E-state index is 5.43. The zero-order chi connectivity index (χ0) is 17.1. The van der Waals surface area contributed by atoms with E-state index in [0.717, 1.165) is 37.2 Å². The van der Waals surface area contributed by atoms with E-state index < -0.39 is 0 Å². The van der Waals surface area contributed by atoms with Crippen LogP contribution in [0.1, 0.15) is 24.3 Å². The Labute approximate surface area is 147 Å². The zero-order valence-electron chi connectivity index (χ0n) is 14.3. The summed E-state index contributed by atoms with van der Waals surface area (Å²) in [5.41, 5.74) is 2.30. The molecule has 0 saturated carbocycles. The fourth-order valence-electron chi connectivity index (χ4n) is 3.35. The fraction of sp³-hybridized carbons (Fsp3) is 0.300. The highest BCUT2D eigenvalue weighted by Crippen LogP contribution is 2.31. The summed E-state index contributed by atoms with van der Waals surface area (Å²) in [7, 11) is 1.71. The zero-order valence-corrected chi connectivity index (χ0v) is 14.3. The molecule has 5 nitrogen and oxygen atoms in total. The van der Waals surface area contributed by atoms with Crippen molar-refractivity contribution in [1.29, 1.82) is 0 Å². The van der Waals surface area contributed by atoms with Crippen molar-refractivity contribution in [2.75, 3.05) is 25.1 Å². The minimum Gasteiger partial charge on any atom is -0.497 e. The molecule has 1 aromatic heterocycles. The van der Waals surface area contributed by atoms with Crippen LogP contribution >= 0.6 is 0 Å². The first-order chi connectivity index (χ1) is 12.3. The van der Waals surface area contributed by atoms with Crippen LogP contribution in [0.2, 0.25) is 0 Å². The van der Waals surface area contributed by atoms with E-state index in [-0.39, 0.29) is 0 Å². The maximum atomic E-state index is 5.43. The van der Waals surface area contributed by atoms with Gasteiger partial charge in [0, 0.05) is 18.7 Å². The molecule has 0 radical (unpaired) electrons. The molecule has 1 saturated heterocycles. The summed E-state index contributed by atoms with van der Waals surface area (Å²) in [6.45, 7) is 1.85. The number of aromatic nitrogens is 2. The van der Waals surface area contributed by atoms with Crippen molar-refractivity contribution in [2.24, 2.45) is 0 Å². The highest BCUT2D eigenvalue weighted by atomic mass is 16.5. The molecule has 0 bridgehead atoms. The molecular formula is C20H21N3O2. The lowest BCUT2D eigenvalue weighted by Gasteiger charge is -2.31. The Balaban J connectivity index is 1.43. The number of anilines is 1. The van der Waals surface area contributed by atoms with Crippen LogP contribution in [0.4, 0.5) is 5.95 Å². The summed E-state index contributed by atoms with van der Waals surface area (Å²) < 4.78 is 10.8. The fourth-order valence-corrected chi connectivity index (χ4v) is 3.35. The summed E-state index contributed by atoms with van der Waals surface area (Å²) in [5, 5.41) is 4.16. The number of hydrogen-bond acceptors (Lipinski definition) is 5. The summed E-state index contributed by atoms with van der Waals surface area (Å²) in [6.07, 6.45) is 2.14. The average molecular weight is 335 g/mol. The Bertz CT molecular complexity index is 824.